The number of hydrogen-bond donors (Lipinski definition) is 3. The molecule has 0 aliphatic rings. The highest BCUT2D eigenvalue weighted by molar-refractivity contribution is 5.87. The highest BCUT2D eigenvalue weighted by Gasteiger charge is 2.20. The molecule has 0 fully saturated rings. The van der Waals surface area contributed by atoms with Crippen LogP contribution < -0.4 is 16.1 Å². The van der Waals surface area contributed by atoms with E-state index >= 15 is 0 Å². The van der Waals surface area contributed by atoms with Crippen LogP contribution in [0.4, 0.5) is 4.79 Å². The van der Waals surface area contributed by atoms with E-state index in [4.69, 9.17) is 9.57 Å². The standard InChI is InChI=1S/C37H49N3O5/c41-35(27-16-5-3-1-2-4-9-19-31-20-10-6-11-21-31)39-34(36(42)40-45-30-33-24-14-8-15-25-33)26-17-18-28-38-37(43)44-29-32-22-12-7-13-23-32/h6-8,10-15,20-25,34H,1-5,9,16-19,26-30H2,(H,38,43)(H,39,41)(H,40,42)/t34-/m1/s1. The van der Waals surface area contributed by atoms with Crippen molar-refractivity contribution in [1.82, 2.24) is 16.1 Å². The number of ether oxygens (including phenoxy) is 1. The van der Waals surface area contributed by atoms with Gasteiger partial charge in [0.15, 0.2) is 0 Å². The Morgan fingerprint density at radius 2 is 1.16 bits per heavy atom. The number of amides is 3. The molecular weight excluding hydrogens is 566 g/mol. The van der Waals surface area contributed by atoms with Gasteiger partial charge in [0.05, 0.1) is 6.61 Å². The van der Waals surface area contributed by atoms with Gasteiger partial charge in [-0.15, -0.1) is 0 Å². The van der Waals surface area contributed by atoms with Crippen LogP contribution in [0.3, 0.4) is 0 Å². The minimum atomic E-state index is -0.720. The summed E-state index contributed by atoms with van der Waals surface area (Å²) in [6.07, 6.45) is 10.4. The lowest BCUT2D eigenvalue weighted by atomic mass is 10.0. The van der Waals surface area contributed by atoms with Crippen molar-refractivity contribution in [2.75, 3.05) is 6.54 Å². The molecule has 8 heteroatoms. The molecule has 3 rings (SSSR count). The molecule has 0 aromatic heterocycles. The van der Waals surface area contributed by atoms with Gasteiger partial charge < -0.3 is 15.4 Å². The minimum Gasteiger partial charge on any atom is -0.445 e. The van der Waals surface area contributed by atoms with E-state index in [2.05, 4.69) is 46.4 Å². The molecule has 0 radical (unpaired) electrons. The summed E-state index contributed by atoms with van der Waals surface area (Å²) in [4.78, 5) is 43.1. The van der Waals surface area contributed by atoms with Crippen molar-refractivity contribution in [2.24, 2.45) is 0 Å². The second-order valence-corrected chi connectivity index (χ2v) is 11.3. The lowest BCUT2D eigenvalue weighted by molar-refractivity contribution is -0.139. The van der Waals surface area contributed by atoms with Crippen LogP contribution in [0.25, 0.3) is 0 Å². The molecule has 0 aliphatic carbocycles. The SMILES string of the molecule is O=C(CCCCCCCCCc1ccccc1)N[C@H](CCCCNC(=O)OCc1ccccc1)C(=O)NOCc1ccccc1. The maximum atomic E-state index is 12.9. The Morgan fingerprint density at radius 3 is 1.80 bits per heavy atom. The van der Waals surface area contributed by atoms with E-state index in [-0.39, 0.29) is 25.0 Å². The van der Waals surface area contributed by atoms with E-state index in [0.29, 0.717) is 32.2 Å². The summed E-state index contributed by atoms with van der Waals surface area (Å²) in [7, 11) is 0. The summed E-state index contributed by atoms with van der Waals surface area (Å²) in [5.74, 6) is -0.520. The highest BCUT2D eigenvalue weighted by atomic mass is 16.6. The fourth-order valence-electron chi connectivity index (χ4n) is 4.95. The number of hydrogen-bond acceptors (Lipinski definition) is 5. The smallest absolute Gasteiger partial charge is 0.407 e. The average molecular weight is 616 g/mol. The molecule has 3 amide bonds. The first-order valence-corrected chi connectivity index (χ1v) is 16.3. The Hall–Kier alpha value is -4.17. The van der Waals surface area contributed by atoms with Crippen LogP contribution in [0.15, 0.2) is 91.0 Å². The van der Waals surface area contributed by atoms with E-state index in [1.165, 1.54) is 31.2 Å². The number of hydroxylamine groups is 1. The van der Waals surface area contributed by atoms with E-state index in [1.54, 1.807) is 0 Å². The summed E-state index contributed by atoms with van der Waals surface area (Å²) < 4.78 is 5.24. The van der Waals surface area contributed by atoms with Crippen LogP contribution in [0.1, 0.15) is 87.3 Å². The predicted molar refractivity (Wildman–Crippen MR) is 177 cm³/mol. The van der Waals surface area contributed by atoms with Crippen LogP contribution >= 0.6 is 0 Å². The van der Waals surface area contributed by atoms with Crippen LogP contribution in [-0.4, -0.2) is 30.5 Å². The van der Waals surface area contributed by atoms with E-state index < -0.39 is 12.1 Å². The van der Waals surface area contributed by atoms with Crippen LogP contribution in [-0.2, 0) is 38.8 Å². The Balaban J connectivity index is 1.30. The van der Waals surface area contributed by atoms with Crippen LogP contribution in [0, 0.1) is 0 Å². The fraction of sp³-hybridized carbons (Fsp3) is 0.432. The van der Waals surface area contributed by atoms with E-state index in [9.17, 15) is 14.4 Å². The maximum Gasteiger partial charge on any atom is 0.407 e. The van der Waals surface area contributed by atoms with Crippen molar-refractivity contribution in [2.45, 2.75) is 96.3 Å². The Kier molecular flexibility index (Phi) is 17.5. The summed E-state index contributed by atoms with van der Waals surface area (Å²) in [5.41, 5.74) is 5.74. The molecule has 3 aromatic carbocycles. The van der Waals surface area contributed by atoms with Crippen molar-refractivity contribution in [3.63, 3.8) is 0 Å². The Labute approximate surface area is 268 Å². The molecule has 8 nitrogen and oxygen atoms in total. The second kappa shape index (κ2) is 22.4. The zero-order valence-electron chi connectivity index (χ0n) is 26.4. The largest absolute Gasteiger partial charge is 0.445 e. The first-order valence-electron chi connectivity index (χ1n) is 16.3. The molecule has 45 heavy (non-hydrogen) atoms. The quantitative estimate of drug-likeness (QED) is 0.0820. The molecule has 0 unspecified atom stereocenters. The Bertz CT molecular complexity index is 1220. The highest BCUT2D eigenvalue weighted by Crippen LogP contribution is 2.12. The average Bonchev–Trinajstić information content (AvgIpc) is 3.07. The van der Waals surface area contributed by atoms with Crippen molar-refractivity contribution < 1.29 is 24.0 Å². The fourth-order valence-corrected chi connectivity index (χ4v) is 4.95. The van der Waals surface area contributed by atoms with Crippen molar-refractivity contribution >= 4 is 17.9 Å². The third kappa shape index (κ3) is 16.5. The third-order valence-electron chi connectivity index (χ3n) is 7.52. The molecular formula is C37H49N3O5. The molecule has 0 aliphatic heterocycles. The number of carbonyl (C=O) groups is 3. The number of nitrogens with one attached hydrogen (secondary N) is 3. The molecule has 242 valence electrons. The molecule has 0 bridgehead atoms. The molecule has 3 aromatic rings. The van der Waals surface area contributed by atoms with Gasteiger partial charge in [0.25, 0.3) is 5.91 Å². The van der Waals surface area contributed by atoms with E-state index in [1.807, 2.05) is 60.7 Å². The van der Waals surface area contributed by atoms with Gasteiger partial charge in [-0.05, 0) is 55.2 Å². The van der Waals surface area contributed by atoms with Gasteiger partial charge in [0.2, 0.25) is 5.91 Å². The first-order chi connectivity index (χ1) is 22.1. The number of rotatable bonds is 22. The first kappa shape index (κ1) is 35.3. The molecule has 0 heterocycles. The number of benzene rings is 3. The number of carbonyl (C=O) groups excluding carboxylic acids is 3. The maximum absolute atomic E-state index is 12.9. The molecule has 3 N–H and O–H groups in total. The van der Waals surface area contributed by atoms with Gasteiger partial charge in [-0.2, -0.15) is 0 Å². The van der Waals surface area contributed by atoms with Crippen LogP contribution in [0.2, 0.25) is 0 Å². The van der Waals surface area contributed by atoms with Gasteiger partial charge >= 0.3 is 6.09 Å². The van der Waals surface area contributed by atoms with Crippen molar-refractivity contribution in [3.8, 4) is 0 Å². The second-order valence-electron chi connectivity index (χ2n) is 11.3. The summed E-state index contributed by atoms with van der Waals surface area (Å²) >= 11 is 0. The van der Waals surface area contributed by atoms with Gasteiger partial charge in [-0.25, -0.2) is 10.3 Å². The zero-order valence-corrected chi connectivity index (χ0v) is 26.4. The van der Waals surface area contributed by atoms with Crippen molar-refractivity contribution in [3.05, 3.63) is 108 Å². The minimum absolute atomic E-state index is 0.135. The lowest BCUT2D eigenvalue weighted by Crippen LogP contribution is -2.46. The Morgan fingerprint density at radius 1 is 0.600 bits per heavy atom. The summed E-state index contributed by atoms with van der Waals surface area (Å²) in [5, 5.41) is 5.63. The molecule has 0 saturated heterocycles. The van der Waals surface area contributed by atoms with Gasteiger partial charge in [0.1, 0.15) is 12.6 Å². The predicted octanol–water partition coefficient (Wildman–Crippen LogP) is 7.18. The lowest BCUT2D eigenvalue weighted by Gasteiger charge is -2.18. The van der Waals surface area contributed by atoms with Crippen molar-refractivity contribution in [1.29, 1.82) is 0 Å². The topological polar surface area (TPSA) is 106 Å². The van der Waals surface area contributed by atoms with Gasteiger partial charge in [-0.1, -0.05) is 123 Å². The number of unbranched alkanes of at least 4 members (excludes halogenated alkanes) is 7. The van der Waals surface area contributed by atoms with Crippen LogP contribution in [0.5, 0.6) is 0 Å². The zero-order chi connectivity index (χ0) is 31.8. The van der Waals surface area contributed by atoms with Gasteiger partial charge in [-0.3, -0.25) is 14.4 Å². The monoisotopic (exact) mass is 615 g/mol. The number of alkyl carbamates (subject to hydrolysis) is 1. The molecule has 0 saturated carbocycles. The molecule has 1 atom stereocenters. The molecule has 0 spiro atoms. The third-order valence-corrected chi connectivity index (χ3v) is 7.52. The normalized spacial score (nSPS) is 11.4. The summed E-state index contributed by atoms with van der Waals surface area (Å²) in [6, 6.07) is 28.9. The van der Waals surface area contributed by atoms with Gasteiger partial charge in [0, 0.05) is 13.0 Å². The summed E-state index contributed by atoms with van der Waals surface area (Å²) in [6.45, 7) is 0.847. The number of aryl methyl sites for hydroxylation is 1. The van der Waals surface area contributed by atoms with E-state index in [0.717, 1.165) is 36.8 Å².